The molecular weight excluding hydrogens is 452 g/mol. The van der Waals surface area contributed by atoms with E-state index in [2.05, 4.69) is 26.6 Å². The van der Waals surface area contributed by atoms with Gasteiger partial charge in [0, 0.05) is 20.7 Å². The summed E-state index contributed by atoms with van der Waals surface area (Å²) in [6.45, 7) is 1.94. The number of carbonyl (C=O) groups is 2. The lowest BCUT2D eigenvalue weighted by atomic mass is 10.1. The van der Waals surface area contributed by atoms with E-state index in [-0.39, 0.29) is 11.6 Å². The molecule has 0 fully saturated rings. The van der Waals surface area contributed by atoms with Crippen molar-refractivity contribution in [3.05, 3.63) is 105 Å². The molecule has 0 unspecified atom stereocenters. The molecule has 0 radical (unpaired) electrons. The Hall–Kier alpha value is -2.89. The number of amides is 2. The minimum Gasteiger partial charge on any atom is -0.321 e. The van der Waals surface area contributed by atoms with Crippen LogP contribution in [-0.2, 0) is 4.79 Å². The van der Waals surface area contributed by atoms with Crippen LogP contribution in [0.4, 0.5) is 5.69 Å². The molecule has 146 valence electrons. The zero-order valence-electron chi connectivity index (χ0n) is 15.6. The van der Waals surface area contributed by atoms with Crippen LogP contribution in [0.2, 0.25) is 5.02 Å². The predicted molar refractivity (Wildman–Crippen MR) is 121 cm³/mol. The molecule has 2 amide bonds. The summed E-state index contributed by atoms with van der Waals surface area (Å²) < 4.78 is 0.922. The van der Waals surface area contributed by atoms with E-state index in [0.29, 0.717) is 16.3 Å². The molecule has 3 rings (SSSR count). The highest BCUT2D eigenvalue weighted by atomic mass is 79.9. The molecule has 0 atom stereocenters. The molecule has 0 heterocycles. The molecule has 0 aliphatic rings. The van der Waals surface area contributed by atoms with E-state index in [9.17, 15) is 9.59 Å². The van der Waals surface area contributed by atoms with Gasteiger partial charge in [0.2, 0.25) is 0 Å². The van der Waals surface area contributed by atoms with Crippen LogP contribution in [0.25, 0.3) is 6.08 Å². The molecule has 0 spiro atoms. The van der Waals surface area contributed by atoms with Crippen LogP contribution in [0.5, 0.6) is 0 Å². The Morgan fingerprint density at radius 2 is 1.52 bits per heavy atom. The van der Waals surface area contributed by atoms with E-state index in [1.807, 2.05) is 43.3 Å². The molecule has 4 nitrogen and oxygen atoms in total. The van der Waals surface area contributed by atoms with Crippen LogP contribution < -0.4 is 10.6 Å². The summed E-state index contributed by atoms with van der Waals surface area (Å²) in [4.78, 5) is 25.5. The number of aryl methyl sites for hydroxylation is 1. The summed E-state index contributed by atoms with van der Waals surface area (Å²) in [6.07, 6.45) is 1.63. The van der Waals surface area contributed by atoms with Gasteiger partial charge in [-0.3, -0.25) is 9.59 Å². The number of carbonyl (C=O) groups excluding carboxylic acids is 2. The van der Waals surface area contributed by atoms with Crippen LogP contribution in [0, 0.1) is 6.92 Å². The number of benzene rings is 3. The van der Waals surface area contributed by atoms with Gasteiger partial charge in [0.15, 0.2) is 0 Å². The molecule has 0 aromatic heterocycles. The molecular formula is C23H18BrClN2O2. The summed E-state index contributed by atoms with van der Waals surface area (Å²) in [5.41, 5.74) is 3.00. The van der Waals surface area contributed by atoms with Gasteiger partial charge in [0.25, 0.3) is 11.8 Å². The second-order valence-corrected chi connectivity index (χ2v) is 7.74. The Morgan fingerprint density at radius 1 is 0.897 bits per heavy atom. The summed E-state index contributed by atoms with van der Waals surface area (Å²) in [5, 5.41) is 6.07. The Balaban J connectivity index is 1.86. The lowest BCUT2D eigenvalue weighted by Crippen LogP contribution is -2.30. The van der Waals surface area contributed by atoms with Crippen molar-refractivity contribution in [2.75, 3.05) is 5.32 Å². The van der Waals surface area contributed by atoms with E-state index >= 15 is 0 Å². The third-order valence-corrected chi connectivity index (χ3v) is 4.87. The molecule has 0 bridgehead atoms. The van der Waals surface area contributed by atoms with Crippen molar-refractivity contribution in [1.82, 2.24) is 5.32 Å². The van der Waals surface area contributed by atoms with Crippen molar-refractivity contribution in [3.8, 4) is 0 Å². The predicted octanol–water partition coefficient (Wildman–Crippen LogP) is 5.82. The quantitative estimate of drug-likeness (QED) is 0.463. The third-order valence-electron chi connectivity index (χ3n) is 4.09. The Labute approximate surface area is 182 Å². The van der Waals surface area contributed by atoms with Crippen LogP contribution >= 0.6 is 27.5 Å². The van der Waals surface area contributed by atoms with Crippen molar-refractivity contribution >= 4 is 51.1 Å². The third kappa shape index (κ3) is 6.04. The largest absolute Gasteiger partial charge is 0.321 e. The second kappa shape index (κ2) is 9.54. The van der Waals surface area contributed by atoms with Crippen LogP contribution in [0.1, 0.15) is 21.5 Å². The molecule has 3 aromatic rings. The highest BCUT2D eigenvalue weighted by Gasteiger charge is 2.15. The highest BCUT2D eigenvalue weighted by molar-refractivity contribution is 9.10. The monoisotopic (exact) mass is 468 g/mol. The fourth-order valence-electron chi connectivity index (χ4n) is 2.52. The minimum atomic E-state index is -0.435. The molecule has 0 saturated carbocycles. The molecule has 2 N–H and O–H groups in total. The Morgan fingerprint density at radius 3 is 2.14 bits per heavy atom. The zero-order chi connectivity index (χ0) is 20.8. The first-order valence-corrected chi connectivity index (χ1v) is 10.00. The number of rotatable bonds is 5. The maximum absolute atomic E-state index is 12.9. The van der Waals surface area contributed by atoms with Gasteiger partial charge < -0.3 is 10.6 Å². The van der Waals surface area contributed by atoms with Gasteiger partial charge in [-0.25, -0.2) is 0 Å². The van der Waals surface area contributed by atoms with Gasteiger partial charge in [0.1, 0.15) is 5.70 Å². The fraction of sp³-hybridized carbons (Fsp3) is 0.0435. The molecule has 0 aliphatic heterocycles. The number of halogens is 2. The zero-order valence-corrected chi connectivity index (χ0v) is 17.9. The van der Waals surface area contributed by atoms with Gasteiger partial charge in [-0.15, -0.1) is 0 Å². The number of nitrogens with one attached hydrogen (secondary N) is 2. The van der Waals surface area contributed by atoms with Crippen molar-refractivity contribution in [1.29, 1.82) is 0 Å². The van der Waals surface area contributed by atoms with Crippen molar-refractivity contribution in [2.45, 2.75) is 6.92 Å². The summed E-state index contributed by atoms with van der Waals surface area (Å²) in [7, 11) is 0. The Bertz CT molecular complexity index is 1040. The SMILES string of the molecule is Cc1ccc(C(=O)NC(=Cc2ccc(Br)cc2)C(=O)Nc2ccc(Cl)cc2)cc1. The van der Waals surface area contributed by atoms with Gasteiger partial charge in [-0.2, -0.15) is 0 Å². The van der Waals surface area contributed by atoms with Crippen LogP contribution in [0.15, 0.2) is 83.0 Å². The standard InChI is InChI=1S/C23H18BrClN2O2/c1-15-2-6-17(7-3-15)22(28)27-21(14-16-4-8-18(24)9-5-16)23(29)26-20-12-10-19(25)11-13-20/h2-14H,1H3,(H,26,29)(H,27,28). The second-order valence-electron chi connectivity index (χ2n) is 6.39. The molecule has 0 aliphatic carbocycles. The van der Waals surface area contributed by atoms with E-state index in [0.717, 1.165) is 15.6 Å². The average molecular weight is 470 g/mol. The smallest absolute Gasteiger partial charge is 0.272 e. The maximum Gasteiger partial charge on any atom is 0.272 e. The fourth-order valence-corrected chi connectivity index (χ4v) is 2.91. The van der Waals surface area contributed by atoms with Crippen LogP contribution in [0.3, 0.4) is 0 Å². The molecule has 29 heavy (non-hydrogen) atoms. The van der Waals surface area contributed by atoms with Gasteiger partial charge in [0.05, 0.1) is 0 Å². The van der Waals surface area contributed by atoms with Crippen molar-refractivity contribution in [3.63, 3.8) is 0 Å². The summed E-state index contributed by atoms with van der Waals surface area (Å²) >= 11 is 9.28. The first kappa shape index (κ1) is 20.8. The lowest BCUT2D eigenvalue weighted by Gasteiger charge is -2.12. The first-order valence-electron chi connectivity index (χ1n) is 8.83. The summed E-state index contributed by atoms with van der Waals surface area (Å²) in [5.74, 6) is -0.796. The number of hydrogen-bond donors (Lipinski definition) is 2. The number of hydrogen-bond acceptors (Lipinski definition) is 2. The maximum atomic E-state index is 12.9. The van der Waals surface area contributed by atoms with E-state index in [4.69, 9.17) is 11.6 Å². The topological polar surface area (TPSA) is 58.2 Å². The van der Waals surface area contributed by atoms with Crippen molar-refractivity contribution in [2.24, 2.45) is 0 Å². The van der Waals surface area contributed by atoms with Gasteiger partial charge in [-0.1, -0.05) is 57.4 Å². The van der Waals surface area contributed by atoms with E-state index < -0.39 is 5.91 Å². The highest BCUT2D eigenvalue weighted by Crippen LogP contribution is 2.16. The average Bonchev–Trinajstić information content (AvgIpc) is 2.71. The normalized spacial score (nSPS) is 11.1. The molecule has 6 heteroatoms. The van der Waals surface area contributed by atoms with E-state index in [1.54, 1.807) is 42.5 Å². The van der Waals surface area contributed by atoms with Gasteiger partial charge in [-0.05, 0) is 67.1 Å². The lowest BCUT2D eigenvalue weighted by molar-refractivity contribution is -0.113. The van der Waals surface area contributed by atoms with E-state index in [1.165, 1.54) is 0 Å². The number of anilines is 1. The summed E-state index contributed by atoms with van der Waals surface area (Å²) in [6, 6.07) is 21.3. The Kier molecular flexibility index (Phi) is 6.86. The first-order chi connectivity index (χ1) is 13.9. The van der Waals surface area contributed by atoms with Gasteiger partial charge >= 0.3 is 0 Å². The molecule has 3 aromatic carbocycles. The minimum absolute atomic E-state index is 0.132. The van der Waals surface area contributed by atoms with Crippen molar-refractivity contribution < 1.29 is 9.59 Å². The molecule has 0 saturated heterocycles. The van der Waals surface area contributed by atoms with Crippen LogP contribution in [-0.4, -0.2) is 11.8 Å².